The standard InChI is InChI=1S/C27H27N3O6/c31-24(16-28-26(32)22-11-6-14-34-22)30(20-12-13-21-23(15-20)36-17-35-21)25(18-7-2-1-3-8-18)27(33)29-19-9-4-5-10-19/h1-3,6-8,11-15,19,25H,4-5,9-10,16-17H2,(H,28,32)(H,29,33)/t25-/m0/s1. The van der Waals surface area contributed by atoms with E-state index in [0.29, 0.717) is 22.7 Å². The summed E-state index contributed by atoms with van der Waals surface area (Å²) in [7, 11) is 0. The number of hydrogen-bond acceptors (Lipinski definition) is 6. The summed E-state index contributed by atoms with van der Waals surface area (Å²) < 4.78 is 16.1. The fourth-order valence-electron chi connectivity index (χ4n) is 4.61. The Balaban J connectivity index is 1.49. The number of hydrogen-bond donors (Lipinski definition) is 2. The molecule has 1 aliphatic carbocycles. The molecule has 0 bridgehead atoms. The molecule has 1 aliphatic heterocycles. The first-order valence-electron chi connectivity index (χ1n) is 12.0. The highest BCUT2D eigenvalue weighted by Gasteiger charge is 2.35. The molecule has 1 atom stereocenters. The highest BCUT2D eigenvalue weighted by Crippen LogP contribution is 2.38. The van der Waals surface area contributed by atoms with Crippen LogP contribution in [-0.2, 0) is 9.59 Å². The van der Waals surface area contributed by atoms with Gasteiger partial charge in [-0.1, -0.05) is 43.2 Å². The number of furan rings is 1. The van der Waals surface area contributed by atoms with Crippen molar-refractivity contribution >= 4 is 23.4 Å². The molecule has 186 valence electrons. The lowest BCUT2D eigenvalue weighted by Gasteiger charge is -2.32. The molecule has 9 nitrogen and oxygen atoms in total. The van der Waals surface area contributed by atoms with Crippen molar-refractivity contribution in [2.45, 2.75) is 37.8 Å². The van der Waals surface area contributed by atoms with Crippen LogP contribution >= 0.6 is 0 Å². The minimum atomic E-state index is -0.958. The Kier molecular flexibility index (Phi) is 6.88. The SMILES string of the molecule is O=C(NCC(=O)N(c1ccc2c(c1)OCO2)[C@H](C(=O)NC1CCCC1)c1ccccc1)c1ccco1. The van der Waals surface area contributed by atoms with E-state index in [2.05, 4.69) is 10.6 Å². The summed E-state index contributed by atoms with van der Waals surface area (Å²) in [6.45, 7) is -0.260. The van der Waals surface area contributed by atoms with Crippen LogP contribution in [0, 0.1) is 0 Å². The average Bonchev–Trinajstić information content (AvgIpc) is 3.68. The van der Waals surface area contributed by atoms with Crippen molar-refractivity contribution in [2.75, 3.05) is 18.2 Å². The van der Waals surface area contributed by atoms with Crippen LogP contribution in [0.2, 0.25) is 0 Å². The van der Waals surface area contributed by atoms with E-state index in [1.54, 1.807) is 24.3 Å². The van der Waals surface area contributed by atoms with Crippen LogP contribution in [0.15, 0.2) is 71.3 Å². The number of anilines is 1. The van der Waals surface area contributed by atoms with Crippen LogP contribution in [0.5, 0.6) is 11.5 Å². The van der Waals surface area contributed by atoms with Crippen molar-refractivity contribution < 1.29 is 28.3 Å². The molecule has 1 fully saturated rings. The third kappa shape index (κ3) is 5.05. The number of rotatable bonds is 8. The summed E-state index contributed by atoms with van der Waals surface area (Å²) >= 11 is 0. The maximum absolute atomic E-state index is 13.7. The number of ether oxygens (including phenoxy) is 2. The number of amides is 3. The van der Waals surface area contributed by atoms with Gasteiger partial charge < -0.3 is 24.5 Å². The van der Waals surface area contributed by atoms with Gasteiger partial charge in [0.25, 0.3) is 5.91 Å². The molecule has 2 N–H and O–H groups in total. The molecule has 5 rings (SSSR count). The molecule has 2 aromatic carbocycles. The Hall–Kier alpha value is -4.27. The molecule has 3 amide bonds. The van der Waals surface area contributed by atoms with Crippen molar-refractivity contribution in [1.82, 2.24) is 10.6 Å². The number of benzene rings is 2. The Morgan fingerprint density at radius 1 is 0.944 bits per heavy atom. The van der Waals surface area contributed by atoms with E-state index < -0.39 is 17.9 Å². The predicted octanol–water partition coefficient (Wildman–Crippen LogP) is 3.57. The van der Waals surface area contributed by atoms with Gasteiger partial charge >= 0.3 is 0 Å². The molecular formula is C27H27N3O6. The molecule has 3 aromatic rings. The highest BCUT2D eigenvalue weighted by molar-refractivity contribution is 6.04. The zero-order chi connectivity index (χ0) is 24.9. The summed E-state index contributed by atoms with van der Waals surface area (Å²) in [5, 5.41) is 5.73. The second-order valence-corrected chi connectivity index (χ2v) is 8.76. The second kappa shape index (κ2) is 10.6. The predicted molar refractivity (Wildman–Crippen MR) is 131 cm³/mol. The average molecular weight is 490 g/mol. The summed E-state index contributed by atoms with van der Waals surface area (Å²) in [6.07, 6.45) is 5.32. The number of nitrogens with one attached hydrogen (secondary N) is 2. The summed E-state index contributed by atoms with van der Waals surface area (Å²) in [5.74, 6) is -0.140. The van der Waals surface area contributed by atoms with E-state index in [9.17, 15) is 14.4 Å². The number of nitrogens with zero attached hydrogens (tertiary/aromatic N) is 1. The fraction of sp³-hybridized carbons (Fsp3) is 0.296. The summed E-state index contributed by atoms with van der Waals surface area (Å²) in [5.41, 5.74) is 1.10. The Bertz CT molecular complexity index is 1220. The zero-order valence-corrected chi connectivity index (χ0v) is 19.6. The molecule has 0 saturated heterocycles. The molecule has 2 aliphatic rings. The lowest BCUT2D eigenvalue weighted by molar-refractivity contribution is -0.126. The Labute approximate surface area is 208 Å². The van der Waals surface area contributed by atoms with Crippen LogP contribution in [0.4, 0.5) is 5.69 Å². The third-order valence-corrected chi connectivity index (χ3v) is 6.37. The van der Waals surface area contributed by atoms with Gasteiger partial charge in [-0.15, -0.1) is 0 Å². The molecule has 9 heteroatoms. The quantitative estimate of drug-likeness (QED) is 0.501. The van der Waals surface area contributed by atoms with E-state index in [-0.39, 0.29) is 31.0 Å². The first-order valence-corrected chi connectivity index (χ1v) is 12.0. The summed E-state index contributed by atoms with van der Waals surface area (Å²) in [4.78, 5) is 41.3. The van der Waals surface area contributed by atoms with Crippen LogP contribution in [0.3, 0.4) is 0 Å². The molecule has 0 spiro atoms. The molecule has 2 heterocycles. The van der Waals surface area contributed by atoms with Crippen LogP contribution in [0.1, 0.15) is 47.8 Å². The molecule has 0 radical (unpaired) electrons. The third-order valence-electron chi connectivity index (χ3n) is 6.37. The van der Waals surface area contributed by atoms with Gasteiger partial charge in [0.1, 0.15) is 6.04 Å². The minimum Gasteiger partial charge on any atom is -0.459 e. The van der Waals surface area contributed by atoms with E-state index in [1.807, 2.05) is 30.3 Å². The smallest absolute Gasteiger partial charge is 0.287 e. The normalized spacial score (nSPS) is 15.3. The maximum Gasteiger partial charge on any atom is 0.287 e. The fourth-order valence-corrected chi connectivity index (χ4v) is 4.61. The first kappa shape index (κ1) is 23.5. The van der Waals surface area contributed by atoms with Gasteiger partial charge in [-0.05, 0) is 42.7 Å². The van der Waals surface area contributed by atoms with Gasteiger partial charge in [-0.25, -0.2) is 0 Å². The lowest BCUT2D eigenvalue weighted by Crippen LogP contribution is -2.49. The molecule has 0 unspecified atom stereocenters. The van der Waals surface area contributed by atoms with Crippen molar-refractivity contribution in [2.24, 2.45) is 0 Å². The molecule has 36 heavy (non-hydrogen) atoms. The van der Waals surface area contributed by atoms with Gasteiger partial charge in [0.15, 0.2) is 17.3 Å². The number of carbonyl (C=O) groups is 3. The van der Waals surface area contributed by atoms with Crippen LogP contribution in [0.25, 0.3) is 0 Å². The van der Waals surface area contributed by atoms with Gasteiger partial charge in [0, 0.05) is 17.8 Å². The second-order valence-electron chi connectivity index (χ2n) is 8.76. The Morgan fingerprint density at radius 2 is 1.72 bits per heavy atom. The van der Waals surface area contributed by atoms with Gasteiger partial charge in [0.05, 0.1) is 12.8 Å². The largest absolute Gasteiger partial charge is 0.459 e. The van der Waals surface area contributed by atoms with E-state index in [4.69, 9.17) is 13.9 Å². The summed E-state index contributed by atoms with van der Waals surface area (Å²) in [6, 6.07) is 16.4. The number of fused-ring (bicyclic) bond motifs is 1. The first-order chi connectivity index (χ1) is 17.6. The van der Waals surface area contributed by atoms with E-state index >= 15 is 0 Å². The highest BCUT2D eigenvalue weighted by atomic mass is 16.7. The van der Waals surface area contributed by atoms with Gasteiger partial charge in [-0.2, -0.15) is 0 Å². The van der Waals surface area contributed by atoms with Crippen LogP contribution in [-0.4, -0.2) is 37.1 Å². The van der Waals surface area contributed by atoms with Crippen molar-refractivity contribution in [1.29, 1.82) is 0 Å². The Morgan fingerprint density at radius 3 is 2.47 bits per heavy atom. The van der Waals surface area contributed by atoms with Crippen LogP contribution < -0.4 is 25.0 Å². The van der Waals surface area contributed by atoms with Crippen molar-refractivity contribution in [3.8, 4) is 11.5 Å². The van der Waals surface area contributed by atoms with Crippen molar-refractivity contribution in [3.63, 3.8) is 0 Å². The van der Waals surface area contributed by atoms with Crippen molar-refractivity contribution in [3.05, 3.63) is 78.3 Å². The minimum absolute atomic E-state index is 0.0658. The number of carbonyl (C=O) groups excluding carboxylic acids is 3. The molecule has 1 saturated carbocycles. The van der Waals surface area contributed by atoms with E-state index in [0.717, 1.165) is 25.7 Å². The zero-order valence-electron chi connectivity index (χ0n) is 19.6. The maximum atomic E-state index is 13.7. The van der Waals surface area contributed by atoms with Gasteiger partial charge in [0.2, 0.25) is 18.6 Å². The lowest BCUT2D eigenvalue weighted by atomic mass is 10.0. The van der Waals surface area contributed by atoms with E-state index in [1.165, 1.54) is 17.2 Å². The molecular weight excluding hydrogens is 462 g/mol. The van der Waals surface area contributed by atoms with Gasteiger partial charge in [-0.3, -0.25) is 19.3 Å². The molecule has 1 aromatic heterocycles. The monoisotopic (exact) mass is 489 g/mol. The topological polar surface area (TPSA) is 110 Å².